The van der Waals surface area contributed by atoms with E-state index in [-0.39, 0.29) is 24.0 Å². The van der Waals surface area contributed by atoms with Crippen LogP contribution in [0.1, 0.15) is 23.5 Å². The molecule has 1 fully saturated rings. The predicted octanol–water partition coefficient (Wildman–Crippen LogP) is 4.64. The summed E-state index contributed by atoms with van der Waals surface area (Å²) in [6.45, 7) is 0. The van der Waals surface area contributed by atoms with Crippen molar-refractivity contribution in [2.75, 3.05) is 5.75 Å². The first-order valence-corrected chi connectivity index (χ1v) is 10.0. The zero-order valence-electron chi connectivity index (χ0n) is 14.0. The van der Waals surface area contributed by atoms with Gasteiger partial charge in [-0.15, -0.1) is 11.8 Å². The standard InChI is InChI=1S/C20H14Cl2N2O2S/c21-14-6-4-13(5-7-14)20(26)11-27-19-17(10-23)16(9-18(25)24(19)20)12-2-1-3-15(22)8-12/h1-8,16,26H,9,11H2. The van der Waals surface area contributed by atoms with Gasteiger partial charge in [0.15, 0.2) is 5.72 Å². The number of benzene rings is 2. The molecule has 2 heterocycles. The fourth-order valence-electron chi connectivity index (χ4n) is 3.56. The van der Waals surface area contributed by atoms with Gasteiger partial charge in [0.1, 0.15) is 0 Å². The largest absolute Gasteiger partial charge is 0.366 e. The van der Waals surface area contributed by atoms with Crippen molar-refractivity contribution in [3.05, 3.63) is 80.3 Å². The third-order valence-corrected chi connectivity index (χ3v) is 6.58. The quantitative estimate of drug-likeness (QED) is 0.774. The fraction of sp³-hybridized carbons (Fsp3) is 0.200. The number of amides is 1. The second-order valence-corrected chi connectivity index (χ2v) is 8.32. The molecular weight excluding hydrogens is 403 g/mol. The Balaban J connectivity index is 1.81. The molecule has 4 nitrogen and oxygen atoms in total. The van der Waals surface area contributed by atoms with Crippen LogP contribution in [0.2, 0.25) is 10.0 Å². The SMILES string of the molecule is N#CC1=C2SCC(O)(c3ccc(Cl)cc3)N2C(=O)CC1c1cccc(Cl)c1. The number of thioether (sulfide) groups is 1. The summed E-state index contributed by atoms with van der Waals surface area (Å²) in [6.07, 6.45) is 0.100. The Morgan fingerprint density at radius 2 is 1.93 bits per heavy atom. The molecular formula is C20H14Cl2N2O2S. The first kappa shape index (κ1) is 18.4. The van der Waals surface area contributed by atoms with E-state index in [0.717, 1.165) is 5.56 Å². The summed E-state index contributed by atoms with van der Waals surface area (Å²) in [6, 6.07) is 16.2. The summed E-state index contributed by atoms with van der Waals surface area (Å²) in [7, 11) is 0. The Bertz CT molecular complexity index is 1000. The van der Waals surface area contributed by atoms with Gasteiger partial charge in [-0.2, -0.15) is 5.26 Å². The van der Waals surface area contributed by atoms with Crippen LogP contribution in [0, 0.1) is 11.3 Å². The van der Waals surface area contributed by atoms with E-state index in [1.807, 2.05) is 6.07 Å². The van der Waals surface area contributed by atoms with Crippen LogP contribution in [0.5, 0.6) is 0 Å². The number of carbonyl (C=O) groups is 1. The van der Waals surface area contributed by atoms with Crippen molar-refractivity contribution in [1.82, 2.24) is 4.90 Å². The molecule has 2 atom stereocenters. The monoisotopic (exact) mass is 416 g/mol. The lowest BCUT2D eigenvalue weighted by atomic mass is 9.85. The molecule has 0 spiro atoms. The number of fused-ring (bicyclic) bond motifs is 1. The first-order valence-electron chi connectivity index (χ1n) is 8.28. The Hall–Kier alpha value is -1.97. The molecule has 7 heteroatoms. The van der Waals surface area contributed by atoms with Crippen LogP contribution in [0.15, 0.2) is 59.1 Å². The third kappa shape index (κ3) is 3.03. The minimum atomic E-state index is -1.50. The Kier molecular flexibility index (Phi) is 4.69. The number of hydrogen-bond donors (Lipinski definition) is 1. The van der Waals surface area contributed by atoms with Gasteiger partial charge in [-0.1, -0.05) is 47.5 Å². The van der Waals surface area contributed by atoms with Crippen LogP contribution in [-0.2, 0) is 10.5 Å². The highest BCUT2D eigenvalue weighted by Crippen LogP contribution is 2.51. The van der Waals surface area contributed by atoms with Crippen molar-refractivity contribution < 1.29 is 9.90 Å². The van der Waals surface area contributed by atoms with Gasteiger partial charge in [-0.3, -0.25) is 9.69 Å². The lowest BCUT2D eigenvalue weighted by Crippen LogP contribution is -2.48. The zero-order valence-corrected chi connectivity index (χ0v) is 16.4. The van der Waals surface area contributed by atoms with Crippen LogP contribution in [-0.4, -0.2) is 21.7 Å². The lowest BCUT2D eigenvalue weighted by molar-refractivity contribution is -0.149. The highest BCUT2D eigenvalue weighted by molar-refractivity contribution is 8.03. The number of allylic oxidation sites excluding steroid dienone is 1. The smallest absolute Gasteiger partial charge is 0.231 e. The van der Waals surface area contributed by atoms with E-state index in [0.29, 0.717) is 26.2 Å². The van der Waals surface area contributed by atoms with E-state index < -0.39 is 5.72 Å². The zero-order chi connectivity index (χ0) is 19.2. The molecule has 2 aromatic carbocycles. The normalized spacial score (nSPS) is 24.7. The summed E-state index contributed by atoms with van der Waals surface area (Å²) < 4.78 is 0. The number of halogens is 2. The van der Waals surface area contributed by atoms with Crippen LogP contribution in [0.3, 0.4) is 0 Å². The van der Waals surface area contributed by atoms with Gasteiger partial charge >= 0.3 is 0 Å². The molecule has 136 valence electrons. The summed E-state index contributed by atoms with van der Waals surface area (Å²) >= 11 is 13.4. The van der Waals surface area contributed by atoms with E-state index in [4.69, 9.17) is 23.2 Å². The number of hydrogen-bond acceptors (Lipinski definition) is 4. The van der Waals surface area contributed by atoms with Gasteiger partial charge in [0.05, 0.1) is 22.4 Å². The number of nitrogens with zero attached hydrogens (tertiary/aromatic N) is 2. The molecule has 0 radical (unpaired) electrons. The predicted molar refractivity (Wildman–Crippen MR) is 106 cm³/mol. The van der Waals surface area contributed by atoms with Gasteiger partial charge in [0.2, 0.25) is 5.91 Å². The summed E-state index contributed by atoms with van der Waals surface area (Å²) in [5, 5.41) is 22.7. The molecule has 0 bridgehead atoms. The van der Waals surface area contributed by atoms with E-state index in [1.165, 1.54) is 16.7 Å². The molecule has 2 aliphatic rings. The highest BCUT2D eigenvalue weighted by atomic mass is 35.5. The van der Waals surface area contributed by atoms with E-state index in [1.54, 1.807) is 42.5 Å². The van der Waals surface area contributed by atoms with Gasteiger partial charge < -0.3 is 5.11 Å². The van der Waals surface area contributed by atoms with E-state index in [2.05, 4.69) is 6.07 Å². The van der Waals surface area contributed by atoms with Crippen LogP contribution in [0.25, 0.3) is 0 Å². The molecule has 1 N–H and O–H groups in total. The second kappa shape index (κ2) is 6.88. The summed E-state index contributed by atoms with van der Waals surface area (Å²) in [5.41, 5.74) is 0.373. The molecule has 4 rings (SSSR count). The molecule has 2 aliphatic heterocycles. The van der Waals surface area contributed by atoms with E-state index >= 15 is 0 Å². The van der Waals surface area contributed by atoms with Crippen LogP contribution >= 0.6 is 35.0 Å². The van der Waals surface area contributed by atoms with Crippen molar-refractivity contribution in [1.29, 1.82) is 5.26 Å². The fourth-order valence-corrected chi connectivity index (χ4v) is 5.25. The maximum atomic E-state index is 13.0. The van der Waals surface area contributed by atoms with Crippen molar-refractivity contribution >= 4 is 40.9 Å². The van der Waals surface area contributed by atoms with Crippen LogP contribution < -0.4 is 0 Å². The number of rotatable bonds is 2. The molecule has 0 aliphatic carbocycles. The molecule has 0 aromatic heterocycles. The number of aliphatic hydroxyl groups is 1. The van der Waals surface area contributed by atoms with Gasteiger partial charge in [0.25, 0.3) is 0 Å². The molecule has 2 unspecified atom stereocenters. The van der Waals surface area contributed by atoms with Crippen LogP contribution in [0.4, 0.5) is 0 Å². The molecule has 2 aromatic rings. The topological polar surface area (TPSA) is 64.3 Å². The van der Waals surface area contributed by atoms with Gasteiger partial charge in [-0.05, 0) is 29.8 Å². The highest BCUT2D eigenvalue weighted by Gasteiger charge is 2.51. The molecule has 1 saturated heterocycles. The second-order valence-electron chi connectivity index (χ2n) is 6.48. The van der Waals surface area contributed by atoms with Crippen molar-refractivity contribution in [3.8, 4) is 6.07 Å². The Morgan fingerprint density at radius 1 is 1.19 bits per heavy atom. The Morgan fingerprint density at radius 3 is 2.59 bits per heavy atom. The molecule has 1 amide bonds. The third-order valence-electron chi connectivity index (χ3n) is 4.87. The molecule has 27 heavy (non-hydrogen) atoms. The minimum absolute atomic E-state index is 0.100. The van der Waals surface area contributed by atoms with Crippen molar-refractivity contribution in [2.24, 2.45) is 0 Å². The first-order chi connectivity index (χ1) is 12.9. The lowest BCUT2D eigenvalue weighted by Gasteiger charge is -2.38. The average molecular weight is 417 g/mol. The van der Waals surface area contributed by atoms with E-state index in [9.17, 15) is 15.2 Å². The maximum absolute atomic E-state index is 13.0. The van der Waals surface area contributed by atoms with Crippen molar-refractivity contribution in [2.45, 2.75) is 18.1 Å². The Labute approximate surface area is 171 Å². The van der Waals surface area contributed by atoms with Gasteiger partial charge in [-0.25, -0.2) is 0 Å². The summed E-state index contributed by atoms with van der Waals surface area (Å²) in [4.78, 5) is 14.4. The summed E-state index contributed by atoms with van der Waals surface area (Å²) in [5.74, 6) is -0.340. The van der Waals surface area contributed by atoms with Crippen molar-refractivity contribution in [3.63, 3.8) is 0 Å². The number of nitriles is 1. The van der Waals surface area contributed by atoms with Gasteiger partial charge in [0, 0.05) is 27.9 Å². The average Bonchev–Trinajstić information content (AvgIpc) is 3.01. The minimum Gasteiger partial charge on any atom is -0.366 e. The maximum Gasteiger partial charge on any atom is 0.231 e. The molecule has 0 saturated carbocycles. The number of carbonyl (C=O) groups excluding carboxylic acids is 1.